The van der Waals surface area contributed by atoms with E-state index in [1.807, 2.05) is 0 Å². The van der Waals surface area contributed by atoms with Crippen LogP contribution < -0.4 is 91.6 Å². The normalized spacial score (nSPS) is 14.5. The van der Waals surface area contributed by atoms with E-state index in [1.54, 1.807) is 193 Å². The standard InChI is InChI=1S/C100H131N19O17/c1-9-60(6)85(98(134)116-81(52-65-31-18-12-19-32-65)94(130)117-83(99(135)136)55-66-33-20-13-21-34-66)119-96(132)76(49-58(2)3)110-92(128)79(54-68-41-45-71(121)46-42-68)113-93(129)80(51-64-29-16-11-17-30-64)115-97(133)84(59(4)5)118-87(123)62(8)107-90(126)77(50-63-27-14-10-15-28-63)112-95(131)82(56-69-57-106-73-36-23-22-35-72(69)73)114-89(125)75(38-26-48-105-100(103)104)109-91(127)78(53-67-39-43-70(120)44-40-67)111-88(124)74(37-24-25-47-101)108-86(122)61(7)102/h10-23,27-36,39-46,57-62,74-85,106,120-121H,9,24-26,37-38,47-56,101-102H2,1-8H3,(H,107,126)(H,108,122)(H,109,127)(H,110,128)(H,111,124)(H,112,131)(H,113,129)(H,114,125)(H,115,133)(H,116,134)(H,117,130)(H,118,123)(H,119,132)(H,135,136)(H4,103,104,105)/t60-,61-,62-,74-,75-,76-,77-,78-,79-,80-,81-,82-,83-,84-,85-/m0/s1. The number of hydrogen-bond acceptors (Lipinski definition) is 19. The second-order valence-electron chi connectivity index (χ2n) is 35.0. The predicted molar refractivity (Wildman–Crippen MR) is 514 cm³/mol. The van der Waals surface area contributed by atoms with Crippen LogP contribution in [0.15, 0.2) is 200 Å². The Kier molecular flexibility index (Phi) is 42.4. The lowest BCUT2D eigenvalue weighted by molar-refractivity contribution is -0.142. The van der Waals surface area contributed by atoms with Gasteiger partial charge in [0, 0.05) is 68.6 Å². The summed E-state index contributed by atoms with van der Waals surface area (Å²) in [5.41, 5.74) is 21.8. The molecule has 0 bridgehead atoms. The number of phenolic OH excluding ortho intramolecular Hbond substituents is 2. The number of rotatable bonds is 54. The Morgan fingerprint density at radius 2 is 0.691 bits per heavy atom. The van der Waals surface area contributed by atoms with Crippen LogP contribution in [0.3, 0.4) is 0 Å². The number of unbranched alkanes of at least 4 members (excludes halogenated alkanes) is 1. The summed E-state index contributed by atoms with van der Waals surface area (Å²) in [6, 6.07) is 33.7. The molecule has 0 aliphatic rings. The summed E-state index contributed by atoms with van der Waals surface area (Å²) in [4.78, 5) is 208. The van der Waals surface area contributed by atoms with Crippen molar-refractivity contribution in [2.24, 2.45) is 35.0 Å². The smallest absolute Gasteiger partial charge is 0.326 e. The van der Waals surface area contributed by atoms with E-state index >= 15 is 28.8 Å². The molecule has 1 aromatic heterocycles. The number of H-pyrrole nitrogens is 1. The highest BCUT2D eigenvalue weighted by Crippen LogP contribution is 2.23. The molecule has 0 saturated heterocycles. The minimum Gasteiger partial charge on any atom is -0.508 e. The van der Waals surface area contributed by atoms with Crippen LogP contribution in [0.5, 0.6) is 11.5 Å². The van der Waals surface area contributed by atoms with E-state index in [9.17, 15) is 53.7 Å². The van der Waals surface area contributed by atoms with Gasteiger partial charge in [0.25, 0.3) is 0 Å². The van der Waals surface area contributed by atoms with Crippen LogP contribution in [-0.2, 0) is 112 Å². The van der Waals surface area contributed by atoms with Gasteiger partial charge in [0.2, 0.25) is 76.8 Å². The second-order valence-corrected chi connectivity index (χ2v) is 35.0. The summed E-state index contributed by atoms with van der Waals surface area (Å²) in [5, 5.41) is 77.9. The number of aliphatic carboxylic acids is 1. The van der Waals surface area contributed by atoms with Gasteiger partial charge in [-0.05, 0) is 146 Å². The van der Waals surface area contributed by atoms with Gasteiger partial charge in [0.15, 0.2) is 5.96 Å². The minimum atomic E-state index is -1.55. The molecule has 0 spiro atoms. The largest absolute Gasteiger partial charge is 0.508 e. The number of carbonyl (C=O) groups excluding carboxylic acids is 13. The Morgan fingerprint density at radius 3 is 1.09 bits per heavy atom. The average Bonchev–Trinajstić information content (AvgIpc) is 1.62. The van der Waals surface area contributed by atoms with Crippen molar-refractivity contribution < 1.29 is 82.4 Å². The average molecular weight is 1870 g/mol. The third kappa shape index (κ3) is 34.8. The van der Waals surface area contributed by atoms with Crippen molar-refractivity contribution in [2.45, 2.75) is 230 Å². The van der Waals surface area contributed by atoms with Crippen LogP contribution in [0, 0.1) is 23.2 Å². The zero-order valence-corrected chi connectivity index (χ0v) is 78.0. The van der Waals surface area contributed by atoms with Crippen molar-refractivity contribution in [1.29, 1.82) is 5.41 Å². The third-order valence-corrected chi connectivity index (χ3v) is 23.1. The molecule has 15 atom stereocenters. The molecule has 25 N–H and O–H groups in total. The Balaban J connectivity index is 1.03. The summed E-state index contributed by atoms with van der Waals surface area (Å²) in [6.07, 6.45) is 1.75. The Hall–Kier alpha value is -14.6. The summed E-state index contributed by atoms with van der Waals surface area (Å²) < 4.78 is 0. The van der Waals surface area contributed by atoms with Crippen LogP contribution in [0.2, 0.25) is 0 Å². The van der Waals surface area contributed by atoms with Gasteiger partial charge in [0.1, 0.15) is 90.0 Å². The summed E-state index contributed by atoms with van der Waals surface area (Å²) in [6.45, 7) is 13.5. The van der Waals surface area contributed by atoms with Crippen LogP contribution in [0.25, 0.3) is 10.9 Å². The highest BCUT2D eigenvalue weighted by molar-refractivity contribution is 6.01. The molecule has 0 fully saturated rings. The third-order valence-electron chi connectivity index (χ3n) is 23.1. The first kappa shape index (κ1) is 107. The number of carboxylic acid groups (broad SMARTS) is 1. The predicted octanol–water partition coefficient (Wildman–Crippen LogP) is 3.47. The van der Waals surface area contributed by atoms with E-state index < -0.39 is 179 Å². The molecule has 136 heavy (non-hydrogen) atoms. The number of phenols is 2. The van der Waals surface area contributed by atoms with Crippen LogP contribution in [0.4, 0.5) is 0 Å². The minimum absolute atomic E-state index is 0.00318. The van der Waals surface area contributed by atoms with Crippen LogP contribution in [0.1, 0.15) is 139 Å². The molecule has 36 nitrogen and oxygen atoms in total. The fourth-order valence-electron chi connectivity index (χ4n) is 15.3. The van der Waals surface area contributed by atoms with Crippen molar-refractivity contribution in [3.05, 3.63) is 239 Å². The topological polar surface area (TPSA) is 586 Å². The number of nitrogens with two attached hydrogens (primary N) is 3. The second kappa shape index (κ2) is 54.0. The highest BCUT2D eigenvalue weighted by atomic mass is 16.4. The summed E-state index contributed by atoms with van der Waals surface area (Å²) in [5.74, 6) is -14.4. The summed E-state index contributed by atoms with van der Waals surface area (Å²) >= 11 is 0. The van der Waals surface area contributed by atoms with Gasteiger partial charge in [-0.15, -0.1) is 0 Å². The van der Waals surface area contributed by atoms with Gasteiger partial charge < -0.3 is 112 Å². The van der Waals surface area contributed by atoms with Gasteiger partial charge in [-0.1, -0.05) is 212 Å². The SMILES string of the molecule is CC[C@H](C)[C@H](NC(=O)[C@H](CC(C)C)NC(=O)[C@H](Cc1ccc(O)cc1)NC(=O)[C@H](Cc1ccccc1)NC(=O)[C@@H](NC(=O)[C@H](C)NC(=O)[C@H](Cc1ccccc1)NC(=O)[C@H](Cc1c[nH]c2ccccc12)NC(=O)[C@H](CCCNC(=N)N)NC(=O)[C@H](Cc1ccc(O)cc1)NC(=O)[C@H](CCCCN)NC(=O)[C@H](C)N)C(C)C)C(=O)N[C@@H](Cc1ccccc1)C(=O)N[C@@H](Cc1ccccc1)C(=O)O. The number of aromatic nitrogens is 1. The number of fused-ring (bicyclic) bond motifs is 1. The van der Waals surface area contributed by atoms with Crippen molar-refractivity contribution in [3.8, 4) is 11.5 Å². The molecule has 8 aromatic rings. The van der Waals surface area contributed by atoms with E-state index in [0.717, 1.165) is 0 Å². The fourth-order valence-corrected chi connectivity index (χ4v) is 15.3. The monoisotopic (exact) mass is 1870 g/mol. The molecule has 0 aliphatic heterocycles. The molecule has 1 heterocycles. The number of benzene rings is 7. The summed E-state index contributed by atoms with van der Waals surface area (Å²) in [7, 11) is 0. The van der Waals surface area contributed by atoms with Crippen LogP contribution in [-0.4, -0.2) is 207 Å². The highest BCUT2D eigenvalue weighted by Gasteiger charge is 2.40. The molecule has 36 heteroatoms. The molecule has 13 amide bonds. The van der Waals surface area contributed by atoms with Gasteiger partial charge in [-0.3, -0.25) is 67.7 Å². The van der Waals surface area contributed by atoms with E-state index in [1.165, 1.54) is 62.4 Å². The lowest BCUT2D eigenvalue weighted by Crippen LogP contribution is -2.62. The van der Waals surface area contributed by atoms with Gasteiger partial charge in [-0.25, -0.2) is 4.79 Å². The lowest BCUT2D eigenvalue weighted by Gasteiger charge is -2.30. The molecule has 7 aromatic carbocycles. The molecule has 728 valence electrons. The molecule has 0 unspecified atom stereocenters. The molecule has 0 aliphatic carbocycles. The van der Waals surface area contributed by atoms with E-state index in [-0.39, 0.29) is 107 Å². The Morgan fingerprint density at radius 1 is 0.360 bits per heavy atom. The van der Waals surface area contributed by atoms with Gasteiger partial charge in [-0.2, -0.15) is 0 Å². The lowest BCUT2D eigenvalue weighted by atomic mass is 9.95. The number of nitrogens with one attached hydrogen (secondary N) is 16. The number of amides is 13. The maximum Gasteiger partial charge on any atom is 0.326 e. The first-order valence-electron chi connectivity index (χ1n) is 45.9. The Labute approximate surface area is 791 Å². The van der Waals surface area contributed by atoms with E-state index in [2.05, 4.69) is 79.4 Å². The van der Waals surface area contributed by atoms with E-state index in [4.69, 9.17) is 22.6 Å². The molecule has 0 radical (unpaired) electrons. The number of aromatic hydroxyl groups is 2. The first-order valence-corrected chi connectivity index (χ1v) is 45.9. The number of guanidine groups is 1. The number of aromatic amines is 1. The van der Waals surface area contributed by atoms with Crippen molar-refractivity contribution in [3.63, 3.8) is 0 Å². The van der Waals surface area contributed by atoms with Gasteiger partial charge in [0.05, 0.1) is 6.04 Å². The van der Waals surface area contributed by atoms with E-state index in [0.29, 0.717) is 69.1 Å². The van der Waals surface area contributed by atoms with Crippen molar-refractivity contribution >= 4 is 99.6 Å². The molecular weight excluding hydrogens is 1740 g/mol. The maximum atomic E-state index is 15.4. The van der Waals surface area contributed by atoms with Crippen molar-refractivity contribution in [2.75, 3.05) is 13.1 Å². The number of para-hydroxylation sites is 1. The molecular formula is C100H131N19O17. The maximum absolute atomic E-state index is 15.4. The zero-order chi connectivity index (χ0) is 99.1. The Bertz CT molecular complexity index is 5310. The first-order chi connectivity index (χ1) is 64.9. The van der Waals surface area contributed by atoms with Gasteiger partial charge >= 0.3 is 5.97 Å². The number of hydrogen-bond donors (Lipinski definition) is 22. The number of carboxylic acids is 1. The zero-order valence-electron chi connectivity index (χ0n) is 78.0. The number of carbonyl (C=O) groups is 14. The van der Waals surface area contributed by atoms with Crippen LogP contribution >= 0.6 is 0 Å². The molecule has 0 saturated carbocycles. The van der Waals surface area contributed by atoms with Crippen molar-refractivity contribution in [1.82, 2.24) is 79.4 Å². The molecule has 8 rings (SSSR count). The fraction of sp³-hybridized carbons (Fsp3) is 0.410. The quantitative estimate of drug-likeness (QED) is 0.0147.